The maximum atomic E-state index is 13.0. The number of nitrogens with one attached hydrogen (secondary N) is 1. The summed E-state index contributed by atoms with van der Waals surface area (Å²) in [4.78, 5) is 21.9. The van der Waals surface area contributed by atoms with Gasteiger partial charge in [0.1, 0.15) is 5.82 Å². The SMILES string of the molecule is CCC.O=C(C1CCC(NSc2ccccc2)C1)N1CCN(c2cc(C(F)(F)F)ccn2)CC1. The van der Waals surface area contributed by atoms with Crippen LogP contribution in [-0.4, -0.2) is 48.0 Å². The number of amides is 1. The molecule has 1 aromatic heterocycles. The molecule has 5 nitrogen and oxygen atoms in total. The molecule has 2 aliphatic rings. The molecule has 1 aliphatic heterocycles. The van der Waals surface area contributed by atoms with E-state index in [2.05, 4.69) is 23.6 Å². The molecule has 1 saturated heterocycles. The van der Waals surface area contributed by atoms with Crippen molar-refractivity contribution in [3.05, 3.63) is 54.2 Å². The van der Waals surface area contributed by atoms with Crippen LogP contribution in [0.25, 0.3) is 0 Å². The molecule has 2 aromatic rings. The predicted molar refractivity (Wildman–Crippen MR) is 131 cm³/mol. The number of halogens is 3. The minimum absolute atomic E-state index is 0.00658. The summed E-state index contributed by atoms with van der Waals surface area (Å²) in [5.74, 6) is 0.475. The van der Waals surface area contributed by atoms with E-state index in [9.17, 15) is 18.0 Å². The molecule has 1 aromatic carbocycles. The van der Waals surface area contributed by atoms with Crippen molar-refractivity contribution in [3.8, 4) is 0 Å². The van der Waals surface area contributed by atoms with Gasteiger partial charge in [-0.3, -0.25) is 9.52 Å². The number of aromatic nitrogens is 1. The first-order valence-electron chi connectivity index (χ1n) is 11.9. The topological polar surface area (TPSA) is 48.5 Å². The zero-order valence-corrected chi connectivity index (χ0v) is 20.5. The van der Waals surface area contributed by atoms with Crippen LogP contribution in [0.3, 0.4) is 0 Å². The largest absolute Gasteiger partial charge is 0.416 e. The Labute approximate surface area is 204 Å². The third kappa shape index (κ3) is 7.37. The summed E-state index contributed by atoms with van der Waals surface area (Å²) in [6.07, 6.45) is 0.690. The minimum atomic E-state index is -4.39. The summed E-state index contributed by atoms with van der Waals surface area (Å²) in [7, 11) is 0. The summed E-state index contributed by atoms with van der Waals surface area (Å²) in [5, 5.41) is 0. The molecule has 186 valence electrons. The molecule has 1 amide bonds. The average molecular weight is 495 g/mol. The molecule has 2 fully saturated rings. The number of pyridine rings is 1. The number of piperazine rings is 1. The van der Waals surface area contributed by atoms with E-state index >= 15 is 0 Å². The molecule has 34 heavy (non-hydrogen) atoms. The van der Waals surface area contributed by atoms with Gasteiger partial charge in [0.05, 0.1) is 5.56 Å². The van der Waals surface area contributed by atoms with Gasteiger partial charge in [-0.15, -0.1) is 0 Å². The van der Waals surface area contributed by atoms with Crippen molar-refractivity contribution in [2.24, 2.45) is 5.92 Å². The van der Waals surface area contributed by atoms with Gasteiger partial charge in [0, 0.05) is 49.2 Å². The van der Waals surface area contributed by atoms with Gasteiger partial charge in [0.25, 0.3) is 0 Å². The van der Waals surface area contributed by atoms with Crippen molar-refractivity contribution >= 4 is 23.7 Å². The van der Waals surface area contributed by atoms with Crippen molar-refractivity contribution in [2.45, 2.75) is 56.6 Å². The number of rotatable bonds is 5. The first kappa shape index (κ1) is 26.3. The van der Waals surface area contributed by atoms with Crippen LogP contribution < -0.4 is 9.62 Å². The highest BCUT2D eigenvalue weighted by molar-refractivity contribution is 7.97. The predicted octanol–water partition coefficient (Wildman–Crippen LogP) is 5.63. The van der Waals surface area contributed by atoms with E-state index in [4.69, 9.17) is 0 Å². The number of hydrogen-bond acceptors (Lipinski definition) is 5. The van der Waals surface area contributed by atoms with Crippen molar-refractivity contribution < 1.29 is 18.0 Å². The Kier molecular flexibility index (Phi) is 9.64. The lowest BCUT2D eigenvalue weighted by atomic mass is 10.1. The van der Waals surface area contributed by atoms with Gasteiger partial charge in [-0.2, -0.15) is 13.2 Å². The first-order valence-corrected chi connectivity index (χ1v) is 12.7. The Morgan fingerprint density at radius 1 is 1.09 bits per heavy atom. The second kappa shape index (κ2) is 12.4. The number of hydrogen-bond donors (Lipinski definition) is 1. The molecule has 0 bridgehead atoms. The van der Waals surface area contributed by atoms with Gasteiger partial charge < -0.3 is 9.80 Å². The molecular formula is C25H33F3N4OS. The Morgan fingerprint density at radius 3 is 2.41 bits per heavy atom. The molecule has 1 saturated carbocycles. The van der Waals surface area contributed by atoms with Crippen LogP contribution in [0.2, 0.25) is 0 Å². The second-order valence-corrected chi connectivity index (χ2v) is 9.57. The Hall–Kier alpha value is -2.26. The van der Waals surface area contributed by atoms with Crippen LogP contribution in [0.1, 0.15) is 45.1 Å². The van der Waals surface area contributed by atoms with E-state index in [0.29, 0.717) is 38.0 Å². The number of anilines is 1. The first-order chi connectivity index (χ1) is 16.3. The average Bonchev–Trinajstić information content (AvgIpc) is 3.32. The highest BCUT2D eigenvalue weighted by Gasteiger charge is 2.35. The van der Waals surface area contributed by atoms with E-state index in [1.807, 2.05) is 40.1 Å². The Bertz CT molecular complexity index is 905. The van der Waals surface area contributed by atoms with Crippen LogP contribution in [-0.2, 0) is 11.0 Å². The van der Waals surface area contributed by atoms with Crippen molar-refractivity contribution in [3.63, 3.8) is 0 Å². The molecule has 1 aliphatic carbocycles. The lowest BCUT2D eigenvalue weighted by molar-refractivity contribution is -0.137. The molecule has 0 spiro atoms. The van der Waals surface area contributed by atoms with Gasteiger partial charge in [0.2, 0.25) is 5.91 Å². The maximum Gasteiger partial charge on any atom is 0.416 e. The van der Waals surface area contributed by atoms with Crippen molar-refractivity contribution in [1.82, 2.24) is 14.6 Å². The van der Waals surface area contributed by atoms with E-state index in [1.165, 1.54) is 12.6 Å². The number of benzene rings is 1. The third-order valence-corrected chi connectivity index (χ3v) is 6.82. The normalized spacial score (nSPS) is 20.6. The lowest BCUT2D eigenvalue weighted by Crippen LogP contribution is -2.50. The highest BCUT2D eigenvalue weighted by atomic mass is 32.2. The number of alkyl halides is 3. The van der Waals surface area contributed by atoms with E-state index in [-0.39, 0.29) is 11.8 Å². The number of carbonyl (C=O) groups is 1. The minimum Gasteiger partial charge on any atom is -0.353 e. The molecule has 2 unspecified atom stereocenters. The fraction of sp³-hybridized carbons (Fsp3) is 0.520. The summed E-state index contributed by atoms with van der Waals surface area (Å²) in [5.41, 5.74) is -0.700. The number of nitrogens with zero attached hydrogens (tertiary/aromatic N) is 3. The molecule has 4 rings (SSSR count). The van der Waals surface area contributed by atoms with Crippen LogP contribution in [0, 0.1) is 5.92 Å². The zero-order chi connectivity index (χ0) is 24.6. The maximum absolute atomic E-state index is 13.0. The molecule has 1 N–H and O–H groups in total. The molecule has 0 radical (unpaired) electrons. The van der Waals surface area contributed by atoms with Gasteiger partial charge in [-0.1, -0.05) is 38.5 Å². The number of carbonyl (C=O) groups excluding carboxylic acids is 1. The van der Waals surface area contributed by atoms with Crippen molar-refractivity contribution in [2.75, 3.05) is 31.1 Å². The quantitative estimate of drug-likeness (QED) is 0.546. The third-order valence-electron chi connectivity index (χ3n) is 5.86. The molecule has 9 heteroatoms. The summed E-state index contributed by atoms with van der Waals surface area (Å²) in [6.45, 7) is 6.23. The van der Waals surface area contributed by atoms with Crippen LogP contribution in [0.5, 0.6) is 0 Å². The summed E-state index contributed by atoms with van der Waals surface area (Å²) >= 11 is 1.60. The van der Waals surface area contributed by atoms with Crippen molar-refractivity contribution in [1.29, 1.82) is 0 Å². The lowest BCUT2D eigenvalue weighted by Gasteiger charge is -2.36. The fourth-order valence-electron chi connectivity index (χ4n) is 4.13. The van der Waals surface area contributed by atoms with Gasteiger partial charge in [0.15, 0.2) is 0 Å². The van der Waals surface area contributed by atoms with Gasteiger partial charge in [-0.05, 0) is 55.5 Å². The molecule has 2 atom stereocenters. The monoisotopic (exact) mass is 494 g/mol. The summed E-state index contributed by atoms with van der Waals surface area (Å²) in [6, 6.07) is 12.4. The second-order valence-electron chi connectivity index (χ2n) is 8.66. The molecular weight excluding hydrogens is 461 g/mol. The van der Waals surface area contributed by atoms with E-state index in [0.717, 1.165) is 36.3 Å². The van der Waals surface area contributed by atoms with Gasteiger partial charge in [-0.25, -0.2) is 4.98 Å². The van der Waals surface area contributed by atoms with Crippen LogP contribution >= 0.6 is 11.9 Å². The highest BCUT2D eigenvalue weighted by Crippen LogP contribution is 2.32. The van der Waals surface area contributed by atoms with E-state index < -0.39 is 11.7 Å². The Balaban J connectivity index is 0.00000103. The van der Waals surface area contributed by atoms with Gasteiger partial charge >= 0.3 is 6.18 Å². The van der Waals surface area contributed by atoms with Crippen LogP contribution in [0.4, 0.5) is 19.0 Å². The van der Waals surface area contributed by atoms with E-state index in [1.54, 1.807) is 11.9 Å². The Morgan fingerprint density at radius 2 is 1.76 bits per heavy atom. The zero-order valence-electron chi connectivity index (χ0n) is 19.7. The smallest absolute Gasteiger partial charge is 0.353 e. The summed E-state index contributed by atoms with van der Waals surface area (Å²) < 4.78 is 42.3. The standard InChI is InChI=1S/C22H25F3N4OS.C3H8/c23-22(24,25)17-8-9-26-20(15-17)28-10-12-29(13-11-28)21(30)16-6-7-18(14-16)27-31-19-4-2-1-3-5-19;1-3-2/h1-5,8-9,15-16,18,27H,6-7,10-14H2;3H2,1-2H3. The van der Waals surface area contributed by atoms with Crippen LogP contribution in [0.15, 0.2) is 53.6 Å². The molecule has 2 heterocycles. The fourth-order valence-corrected chi connectivity index (χ4v) is 4.94.